The van der Waals surface area contributed by atoms with Crippen molar-refractivity contribution in [3.8, 4) is 0 Å². The van der Waals surface area contributed by atoms with Gasteiger partial charge in [-0.2, -0.15) is 0 Å². The van der Waals surface area contributed by atoms with Crippen LogP contribution in [0, 0.1) is 0 Å². The largest absolute Gasteiger partial charge is 0.481 e. The average Bonchev–Trinajstić information content (AvgIpc) is 1.62. The molecule has 4 fully saturated rings. The molecule has 0 aromatic heterocycles. The molecule has 8 aliphatic heterocycles. The first-order valence-corrected chi connectivity index (χ1v) is 32.7. The third-order valence-electron chi connectivity index (χ3n) is 15.4. The van der Waals surface area contributed by atoms with E-state index in [4.69, 9.17) is 20.3 Å². The van der Waals surface area contributed by atoms with E-state index in [0.29, 0.717) is 44.0 Å². The Hall–Kier alpha value is -11.2. The summed E-state index contributed by atoms with van der Waals surface area (Å²) in [6.07, 6.45) is 5.09. The third-order valence-corrected chi connectivity index (χ3v) is 16.7. The van der Waals surface area contributed by atoms with E-state index in [1.165, 1.54) is 24.3 Å². The van der Waals surface area contributed by atoms with Gasteiger partial charge in [-0.25, -0.2) is 19.2 Å². The minimum atomic E-state index is -1.03. The van der Waals surface area contributed by atoms with Gasteiger partial charge in [-0.3, -0.25) is 108 Å². The molecule has 4 saturated heterocycles. The molecule has 534 valence electrons. The zero-order valence-corrected chi connectivity index (χ0v) is 58.5. The molecule has 4 unspecified atom stereocenters. The lowest BCUT2D eigenvalue weighted by Gasteiger charge is -2.27. The number of carboxylic acids is 1. The zero-order valence-electron chi connectivity index (χ0n) is 55.4. The van der Waals surface area contributed by atoms with E-state index < -0.39 is 124 Å². The molecule has 14 amide bonds. The van der Waals surface area contributed by atoms with E-state index in [1.807, 2.05) is 20.8 Å². The number of carbonyl (C=O) groups is 19. The van der Waals surface area contributed by atoms with Crippen LogP contribution in [0.15, 0.2) is 100 Å². The van der Waals surface area contributed by atoms with E-state index in [0.717, 1.165) is 20.8 Å². The lowest BCUT2D eigenvalue weighted by molar-refractivity contribution is -0.149. The van der Waals surface area contributed by atoms with Crippen molar-refractivity contribution in [3.63, 3.8) is 0 Å². The Balaban J connectivity index is 0.000000180. The van der Waals surface area contributed by atoms with Crippen LogP contribution in [0.3, 0.4) is 0 Å². The number of aliphatic carboxylic acids is 1. The van der Waals surface area contributed by atoms with Crippen molar-refractivity contribution in [2.45, 2.75) is 141 Å². The second-order valence-electron chi connectivity index (χ2n) is 25.0. The predicted molar refractivity (Wildman–Crippen MR) is 358 cm³/mol. The highest BCUT2D eigenvalue weighted by Gasteiger charge is 2.48. The number of carboxylic acid groups (broad SMARTS) is 1. The molecule has 0 bridgehead atoms. The van der Waals surface area contributed by atoms with Crippen molar-refractivity contribution >= 4 is 150 Å². The maximum absolute atomic E-state index is 12.9. The molecular weight excluding hydrogens is 1470 g/mol. The Kier molecular flexibility index (Phi) is 25.2. The first-order valence-electron chi connectivity index (χ1n) is 31.1. The highest BCUT2D eigenvalue weighted by Crippen LogP contribution is 2.35. The Labute approximate surface area is 596 Å². The van der Waals surface area contributed by atoms with Crippen molar-refractivity contribution < 1.29 is 110 Å². The number of halogens is 2. The maximum atomic E-state index is 12.9. The summed E-state index contributed by atoms with van der Waals surface area (Å²) in [5.41, 5.74) is 6.82. The quantitative estimate of drug-likeness (QED) is 0.0444. The van der Waals surface area contributed by atoms with Crippen molar-refractivity contribution in [3.05, 3.63) is 156 Å². The van der Waals surface area contributed by atoms with Crippen LogP contribution in [0.1, 0.15) is 193 Å². The van der Waals surface area contributed by atoms with Crippen LogP contribution in [0.5, 0.6) is 0 Å². The molecule has 0 radical (unpaired) electrons. The Morgan fingerprint density at radius 3 is 1.29 bits per heavy atom. The van der Waals surface area contributed by atoms with Gasteiger partial charge in [-0.1, -0.05) is 43.0 Å². The number of piperidine rings is 4. The van der Waals surface area contributed by atoms with Gasteiger partial charge >= 0.3 is 29.8 Å². The standard InChI is InChI=1S/C20H20N2O6.C16H14N2O6.C13H9BrN2O4.C8H3BrO3.C7H12O2.C5H8N2O2/c1-20(2,3)28-15(24)10-7-11-5-4-6-12-16(11)19(27)22(18(12)26)13-8-9-14(23)21-17(13)25;19-11-6-5-10(14(22)17-11)18-15(23)9-3-1-2-8(4-7-12(20)21)13(9)16(18)24;14-7-3-1-2-6-10(7)13(20)16(12(6)19)8-4-5-9(17)15-11(8)18;9-5-3-1-2-4-6(5)8(11)12-7(4)10;1-5-6(8)9-7(2,3)4;6-3-1-2-4(8)7-5(3)9/h4-7,10,13H,8-9H2,1-3H3,(H,21,23,25);1-3,10H,4-7H2,(H,20,21)(H,17,19,22);1-3,8H,4-5H2,(H,15,17,18);1-3H;5H,1H2,2-4H3;3H,1-2,6H2,(H,7,8,9)/b10-7+;;;;;. The highest BCUT2D eigenvalue weighted by molar-refractivity contribution is 9.10. The van der Waals surface area contributed by atoms with E-state index in [-0.39, 0.29) is 108 Å². The number of nitrogens with zero attached hydrogens (tertiary/aromatic N) is 3. The van der Waals surface area contributed by atoms with Crippen LogP contribution in [-0.2, 0) is 73.4 Å². The van der Waals surface area contributed by atoms with Gasteiger partial charge in [0.15, 0.2) is 0 Å². The first kappa shape index (κ1) is 78.2. The minimum Gasteiger partial charge on any atom is -0.481 e. The molecule has 8 heterocycles. The summed E-state index contributed by atoms with van der Waals surface area (Å²) >= 11 is 6.40. The van der Waals surface area contributed by atoms with Gasteiger partial charge in [0.05, 0.1) is 50.5 Å². The second-order valence-corrected chi connectivity index (χ2v) is 26.7. The predicted octanol–water partition coefficient (Wildman–Crippen LogP) is 4.42. The number of carbonyl (C=O) groups excluding carboxylic acids is 18. The number of ether oxygens (including phenoxy) is 3. The number of cyclic esters (lactones) is 2. The molecular formula is C69H66Br2N8O23. The SMILES string of the molecule is C=CC(=O)OC(C)(C)C.CC(C)(C)OC(=O)/C=C/c1cccc2c1C(=O)N(C1CCC(=O)NC1=O)C2=O.NC1CCC(=O)NC1=O.O=C(O)CCc1cccc2c1C(=O)N(C1CCC(=O)NC1=O)C2=O.O=C1CCC(N2C(=O)c3cccc(Br)c3C2=O)C(=O)N1.O=C1OC(=O)c2c(Br)cccc21. The molecule has 8 aliphatic rings. The molecule has 33 heteroatoms. The van der Waals surface area contributed by atoms with E-state index in [1.54, 1.807) is 81.4 Å². The summed E-state index contributed by atoms with van der Waals surface area (Å²) in [7, 11) is 0. The Bertz CT molecular complexity index is 4340. The van der Waals surface area contributed by atoms with E-state index in [9.17, 15) is 91.1 Å². The summed E-state index contributed by atoms with van der Waals surface area (Å²) in [6.45, 7) is 13.9. The van der Waals surface area contributed by atoms with Crippen LogP contribution in [0.4, 0.5) is 0 Å². The van der Waals surface area contributed by atoms with Crippen molar-refractivity contribution in [2.75, 3.05) is 0 Å². The third kappa shape index (κ3) is 18.8. The van der Waals surface area contributed by atoms with E-state index in [2.05, 4.69) is 64.4 Å². The Morgan fingerprint density at radius 2 is 0.892 bits per heavy atom. The lowest BCUT2D eigenvalue weighted by Crippen LogP contribution is -2.54. The molecule has 0 aliphatic carbocycles. The van der Waals surface area contributed by atoms with Gasteiger partial charge in [0, 0.05) is 53.2 Å². The number of hydrogen-bond donors (Lipinski definition) is 6. The van der Waals surface area contributed by atoms with Crippen LogP contribution in [0.25, 0.3) is 6.08 Å². The van der Waals surface area contributed by atoms with Gasteiger partial charge in [0.25, 0.3) is 35.4 Å². The number of hydrogen-bond acceptors (Lipinski definition) is 23. The summed E-state index contributed by atoms with van der Waals surface area (Å²) in [4.78, 5) is 224. The van der Waals surface area contributed by atoms with Crippen molar-refractivity contribution in [2.24, 2.45) is 5.73 Å². The molecule has 4 aromatic carbocycles. The number of benzene rings is 4. The van der Waals surface area contributed by atoms with Crippen LogP contribution in [0.2, 0.25) is 0 Å². The van der Waals surface area contributed by atoms with Gasteiger partial charge in [-0.05, 0) is 159 Å². The van der Waals surface area contributed by atoms with Crippen LogP contribution < -0.4 is 27.0 Å². The summed E-state index contributed by atoms with van der Waals surface area (Å²) < 4.78 is 15.5. The highest BCUT2D eigenvalue weighted by atomic mass is 79.9. The number of rotatable bonds is 9. The topological polar surface area (TPSA) is 456 Å². The fraction of sp³-hybridized carbons (Fsp3) is 0.319. The molecule has 4 atom stereocenters. The van der Waals surface area contributed by atoms with Crippen LogP contribution >= 0.6 is 31.9 Å². The van der Waals surface area contributed by atoms with Gasteiger partial charge in [0.2, 0.25) is 47.3 Å². The number of esters is 4. The second kappa shape index (κ2) is 32.9. The summed E-state index contributed by atoms with van der Waals surface area (Å²) in [6, 6.07) is 15.7. The van der Waals surface area contributed by atoms with Crippen molar-refractivity contribution in [1.29, 1.82) is 0 Å². The zero-order chi connectivity index (χ0) is 75.6. The lowest BCUT2D eigenvalue weighted by atomic mass is 9.99. The number of imide groups is 7. The molecule has 31 nitrogen and oxygen atoms in total. The average molecular weight is 1540 g/mol. The number of fused-ring (bicyclic) bond motifs is 4. The monoisotopic (exact) mass is 1530 g/mol. The summed E-state index contributed by atoms with van der Waals surface area (Å²) in [5.74, 6) is -10.3. The number of aryl methyl sites for hydroxylation is 1. The van der Waals surface area contributed by atoms with Crippen LogP contribution in [-0.4, -0.2) is 168 Å². The number of amides is 14. The molecule has 7 N–H and O–H groups in total. The van der Waals surface area contributed by atoms with Gasteiger partial charge in [0.1, 0.15) is 29.3 Å². The molecule has 12 rings (SSSR count). The fourth-order valence-corrected chi connectivity index (χ4v) is 11.9. The molecule has 0 saturated carbocycles. The van der Waals surface area contributed by atoms with Crippen molar-refractivity contribution in [1.82, 2.24) is 36.0 Å². The summed E-state index contributed by atoms with van der Waals surface area (Å²) in [5, 5.41) is 17.4. The maximum Gasteiger partial charge on any atom is 0.348 e. The van der Waals surface area contributed by atoms with Gasteiger partial charge < -0.3 is 25.1 Å². The smallest absolute Gasteiger partial charge is 0.348 e. The first-order chi connectivity index (χ1) is 47.8. The fourth-order valence-electron chi connectivity index (χ4n) is 10.8. The molecule has 4 aromatic rings. The molecule has 102 heavy (non-hydrogen) atoms. The number of nitrogens with one attached hydrogen (secondary N) is 4. The normalized spacial score (nSPS) is 19.6. The minimum absolute atomic E-state index is 0.0508. The number of nitrogens with two attached hydrogens (primary N) is 1. The van der Waals surface area contributed by atoms with Gasteiger partial charge in [-0.15, -0.1) is 0 Å². The Morgan fingerprint density at radius 1 is 0.510 bits per heavy atom. The van der Waals surface area contributed by atoms with E-state index >= 15 is 0 Å². The molecule has 0 spiro atoms.